The van der Waals surface area contributed by atoms with E-state index in [2.05, 4.69) is 16.4 Å². The van der Waals surface area contributed by atoms with Gasteiger partial charge in [-0.15, -0.1) is 0 Å². The van der Waals surface area contributed by atoms with Crippen molar-refractivity contribution in [2.45, 2.75) is 13.0 Å². The first kappa shape index (κ1) is 19.8. The molecule has 1 aromatic heterocycles. The number of nitrogens with one attached hydrogen (secondary N) is 1. The fourth-order valence-corrected chi connectivity index (χ4v) is 3.02. The Morgan fingerprint density at radius 3 is 2.57 bits per heavy atom. The number of amides is 1. The minimum Gasteiger partial charge on any atom is -0.340 e. The predicted molar refractivity (Wildman–Crippen MR) is 106 cm³/mol. The van der Waals surface area contributed by atoms with Gasteiger partial charge in [-0.2, -0.15) is 5.26 Å². The molecule has 1 atom stereocenters. The number of hydrogen-bond donors (Lipinski definition) is 1. The molecule has 28 heavy (non-hydrogen) atoms. The predicted octanol–water partition coefficient (Wildman–Crippen LogP) is 5.23. The minimum absolute atomic E-state index is 0.0556. The van der Waals surface area contributed by atoms with Crippen LogP contribution in [0.3, 0.4) is 0 Å². The van der Waals surface area contributed by atoms with Crippen molar-refractivity contribution in [3.8, 4) is 6.07 Å². The van der Waals surface area contributed by atoms with Crippen LogP contribution in [0, 0.1) is 24.1 Å². The third-order valence-corrected chi connectivity index (χ3v) is 4.72. The molecule has 4 nitrogen and oxygen atoms in total. The molecular weight excluding hydrogens is 400 g/mol. The Bertz CT molecular complexity index is 1080. The van der Waals surface area contributed by atoms with E-state index in [4.69, 9.17) is 28.5 Å². The van der Waals surface area contributed by atoms with E-state index in [-0.39, 0.29) is 10.9 Å². The zero-order valence-electron chi connectivity index (χ0n) is 14.7. The summed E-state index contributed by atoms with van der Waals surface area (Å²) in [6.07, 6.45) is 1.47. The van der Waals surface area contributed by atoms with Crippen LogP contribution in [-0.4, -0.2) is 10.9 Å². The summed E-state index contributed by atoms with van der Waals surface area (Å²) in [5, 5.41) is 12.3. The fraction of sp³-hybridized carbons (Fsp3) is 0.0952. The smallest absolute Gasteiger partial charge is 0.252 e. The van der Waals surface area contributed by atoms with Gasteiger partial charge in [-0.05, 0) is 60.5 Å². The summed E-state index contributed by atoms with van der Waals surface area (Å²) in [5.41, 5.74) is 2.67. The minimum atomic E-state index is -0.668. The normalized spacial score (nSPS) is 11.5. The largest absolute Gasteiger partial charge is 0.340 e. The molecule has 3 rings (SSSR count). The van der Waals surface area contributed by atoms with Crippen molar-refractivity contribution in [1.82, 2.24) is 10.3 Å². The molecule has 0 fully saturated rings. The van der Waals surface area contributed by atoms with Gasteiger partial charge in [0, 0.05) is 11.8 Å². The molecule has 0 aliphatic heterocycles. The SMILES string of the molecule is Cc1cc(C(=O)N[C@@H](c2ccc(F)c(Cl)c2)c2ccc(Cl)cn2)ccc1C#N. The molecule has 0 spiro atoms. The van der Waals surface area contributed by atoms with Gasteiger partial charge >= 0.3 is 0 Å². The molecule has 0 saturated heterocycles. The van der Waals surface area contributed by atoms with Crippen LogP contribution in [0.4, 0.5) is 4.39 Å². The summed E-state index contributed by atoms with van der Waals surface area (Å²) in [5.74, 6) is -0.919. The quantitative estimate of drug-likeness (QED) is 0.636. The van der Waals surface area contributed by atoms with Crippen molar-refractivity contribution in [3.05, 3.63) is 98.5 Å². The van der Waals surface area contributed by atoms with Gasteiger partial charge in [-0.1, -0.05) is 29.3 Å². The number of rotatable bonds is 4. The van der Waals surface area contributed by atoms with Crippen molar-refractivity contribution in [2.75, 3.05) is 0 Å². The first-order valence-electron chi connectivity index (χ1n) is 8.27. The third-order valence-electron chi connectivity index (χ3n) is 4.21. The van der Waals surface area contributed by atoms with Crippen molar-refractivity contribution in [3.63, 3.8) is 0 Å². The van der Waals surface area contributed by atoms with Crippen LogP contribution in [-0.2, 0) is 0 Å². The molecule has 1 amide bonds. The standard InChI is InChI=1S/C21H14Cl2FN3O/c1-12-8-14(2-3-15(12)10-25)21(28)27-20(19-7-5-16(22)11-26-19)13-4-6-18(24)17(23)9-13/h2-9,11,20H,1H3,(H,27,28)/t20-/m0/s1. The number of pyridine rings is 1. The van der Waals surface area contributed by atoms with E-state index < -0.39 is 11.9 Å². The van der Waals surface area contributed by atoms with Crippen LogP contribution in [0.1, 0.15) is 38.8 Å². The summed E-state index contributed by atoms with van der Waals surface area (Å²) in [6.45, 7) is 1.76. The third kappa shape index (κ3) is 4.30. The van der Waals surface area contributed by atoms with Gasteiger partial charge < -0.3 is 5.32 Å². The zero-order chi connectivity index (χ0) is 20.3. The number of nitrogens with zero attached hydrogens (tertiary/aromatic N) is 2. The number of benzene rings is 2. The van der Waals surface area contributed by atoms with E-state index in [1.54, 1.807) is 37.3 Å². The number of hydrogen-bond acceptors (Lipinski definition) is 3. The van der Waals surface area contributed by atoms with Crippen molar-refractivity contribution < 1.29 is 9.18 Å². The van der Waals surface area contributed by atoms with E-state index in [1.165, 1.54) is 24.4 Å². The second kappa shape index (κ2) is 8.39. The zero-order valence-corrected chi connectivity index (χ0v) is 16.2. The maximum atomic E-state index is 13.6. The molecular formula is C21H14Cl2FN3O. The molecule has 3 aromatic rings. The van der Waals surface area contributed by atoms with Crippen molar-refractivity contribution >= 4 is 29.1 Å². The summed E-state index contributed by atoms with van der Waals surface area (Å²) >= 11 is 11.8. The second-order valence-corrected chi connectivity index (χ2v) is 6.97. The van der Waals surface area contributed by atoms with E-state index in [1.807, 2.05) is 0 Å². The van der Waals surface area contributed by atoms with Crippen LogP contribution in [0.5, 0.6) is 0 Å². The Kier molecular flexibility index (Phi) is 5.93. The summed E-state index contributed by atoms with van der Waals surface area (Å²) in [4.78, 5) is 17.1. The Morgan fingerprint density at radius 2 is 1.96 bits per heavy atom. The van der Waals surface area contributed by atoms with Gasteiger partial charge in [0.05, 0.1) is 33.4 Å². The Morgan fingerprint density at radius 1 is 1.18 bits per heavy atom. The number of carbonyl (C=O) groups is 1. The molecule has 1 heterocycles. The second-order valence-electron chi connectivity index (χ2n) is 6.12. The fourth-order valence-electron chi connectivity index (χ4n) is 2.72. The van der Waals surface area contributed by atoms with Crippen LogP contribution in [0.2, 0.25) is 10.0 Å². The molecule has 0 radical (unpaired) electrons. The van der Waals surface area contributed by atoms with Crippen molar-refractivity contribution in [1.29, 1.82) is 5.26 Å². The molecule has 0 unspecified atom stereocenters. The summed E-state index contributed by atoms with van der Waals surface area (Å²) in [7, 11) is 0. The lowest BCUT2D eigenvalue weighted by atomic mass is 10.0. The van der Waals surface area contributed by atoms with Crippen molar-refractivity contribution in [2.24, 2.45) is 0 Å². The highest BCUT2D eigenvalue weighted by molar-refractivity contribution is 6.31. The van der Waals surface area contributed by atoms with E-state index in [0.29, 0.717) is 33.0 Å². The van der Waals surface area contributed by atoms with E-state index in [0.717, 1.165) is 0 Å². The molecule has 140 valence electrons. The van der Waals surface area contributed by atoms with E-state index in [9.17, 15) is 9.18 Å². The average Bonchev–Trinajstić information content (AvgIpc) is 2.69. The molecule has 0 aliphatic carbocycles. The van der Waals surface area contributed by atoms with Crippen LogP contribution in [0.15, 0.2) is 54.7 Å². The number of carbonyl (C=O) groups excluding carboxylic acids is 1. The van der Waals surface area contributed by atoms with Gasteiger partial charge in [0.2, 0.25) is 0 Å². The number of nitriles is 1. The highest BCUT2D eigenvalue weighted by Crippen LogP contribution is 2.26. The lowest BCUT2D eigenvalue weighted by Gasteiger charge is -2.20. The first-order chi connectivity index (χ1) is 13.4. The molecule has 0 bridgehead atoms. The Hall–Kier alpha value is -2.94. The molecule has 0 saturated carbocycles. The topological polar surface area (TPSA) is 65.8 Å². The van der Waals surface area contributed by atoms with Crippen LogP contribution >= 0.6 is 23.2 Å². The number of aryl methyl sites for hydroxylation is 1. The molecule has 2 aromatic carbocycles. The highest BCUT2D eigenvalue weighted by Gasteiger charge is 2.20. The Labute approximate surface area is 171 Å². The maximum Gasteiger partial charge on any atom is 0.252 e. The average molecular weight is 414 g/mol. The van der Waals surface area contributed by atoms with Crippen LogP contribution < -0.4 is 5.32 Å². The first-order valence-corrected chi connectivity index (χ1v) is 9.02. The Balaban J connectivity index is 1.98. The highest BCUT2D eigenvalue weighted by atomic mass is 35.5. The van der Waals surface area contributed by atoms with E-state index >= 15 is 0 Å². The number of aromatic nitrogens is 1. The summed E-state index contributed by atoms with van der Waals surface area (Å²) in [6, 6.07) is 13.7. The molecule has 7 heteroatoms. The van der Waals surface area contributed by atoms with Gasteiger partial charge in [-0.25, -0.2) is 4.39 Å². The summed E-state index contributed by atoms with van der Waals surface area (Å²) < 4.78 is 13.6. The molecule has 0 aliphatic rings. The maximum absolute atomic E-state index is 13.6. The lowest BCUT2D eigenvalue weighted by molar-refractivity contribution is 0.0942. The van der Waals surface area contributed by atoms with Gasteiger partial charge in [0.25, 0.3) is 5.91 Å². The number of halogens is 3. The monoisotopic (exact) mass is 413 g/mol. The van der Waals surface area contributed by atoms with Gasteiger partial charge in [0.1, 0.15) is 5.82 Å². The van der Waals surface area contributed by atoms with Crippen LogP contribution in [0.25, 0.3) is 0 Å². The van der Waals surface area contributed by atoms with Gasteiger partial charge in [-0.3, -0.25) is 9.78 Å². The lowest BCUT2D eigenvalue weighted by Crippen LogP contribution is -2.30. The molecule has 1 N–H and O–H groups in total. The van der Waals surface area contributed by atoms with Gasteiger partial charge in [0.15, 0.2) is 0 Å².